The Hall–Kier alpha value is -3.22. The maximum atomic E-state index is 11.8. The van der Waals surface area contributed by atoms with Gasteiger partial charge in [-0.15, -0.1) is 0 Å². The highest BCUT2D eigenvalue weighted by atomic mass is 16.7. The number of amides is 1. The normalized spacial score (nSPS) is 11.7. The standard InChI is InChI=1S/C19H19NO6/c1-13-4-2-3-5-15(13)23-11-19(22)24-10-18(21)20-9-14-6-7-16-17(8-14)26-12-25-16/h2-8H,9-12H2,1H3,(H,20,21). The van der Waals surface area contributed by atoms with Crippen LogP contribution in [0.15, 0.2) is 42.5 Å². The van der Waals surface area contributed by atoms with Gasteiger partial charge in [-0.05, 0) is 36.2 Å². The fourth-order valence-corrected chi connectivity index (χ4v) is 2.35. The number of hydrogen-bond acceptors (Lipinski definition) is 6. The van der Waals surface area contributed by atoms with Crippen molar-refractivity contribution in [3.8, 4) is 17.2 Å². The van der Waals surface area contributed by atoms with Crippen molar-refractivity contribution in [1.29, 1.82) is 0 Å². The number of ether oxygens (including phenoxy) is 4. The third kappa shape index (κ3) is 4.66. The molecule has 0 fully saturated rings. The highest BCUT2D eigenvalue weighted by Crippen LogP contribution is 2.32. The van der Waals surface area contributed by atoms with Gasteiger partial charge >= 0.3 is 5.97 Å². The second kappa shape index (κ2) is 8.24. The Kier molecular flexibility index (Phi) is 5.58. The summed E-state index contributed by atoms with van der Waals surface area (Å²) in [6.45, 7) is 1.77. The van der Waals surface area contributed by atoms with Gasteiger partial charge in [0.15, 0.2) is 24.7 Å². The van der Waals surface area contributed by atoms with Crippen LogP contribution in [0.5, 0.6) is 17.2 Å². The van der Waals surface area contributed by atoms with Gasteiger partial charge in [-0.1, -0.05) is 24.3 Å². The summed E-state index contributed by atoms with van der Waals surface area (Å²) < 4.78 is 20.8. The Morgan fingerprint density at radius 2 is 1.88 bits per heavy atom. The van der Waals surface area contributed by atoms with Crippen molar-refractivity contribution in [3.05, 3.63) is 53.6 Å². The van der Waals surface area contributed by atoms with Crippen LogP contribution in [-0.4, -0.2) is 31.9 Å². The largest absolute Gasteiger partial charge is 0.482 e. The van der Waals surface area contributed by atoms with Gasteiger partial charge in [0.25, 0.3) is 5.91 Å². The molecule has 136 valence electrons. The van der Waals surface area contributed by atoms with E-state index in [0.717, 1.165) is 11.1 Å². The summed E-state index contributed by atoms with van der Waals surface area (Å²) in [5.74, 6) is 0.939. The molecule has 1 aliphatic rings. The lowest BCUT2D eigenvalue weighted by atomic mass is 10.2. The molecule has 0 radical (unpaired) electrons. The molecule has 0 spiro atoms. The number of benzene rings is 2. The summed E-state index contributed by atoms with van der Waals surface area (Å²) in [6.07, 6.45) is 0. The van der Waals surface area contributed by atoms with E-state index in [1.807, 2.05) is 31.2 Å². The van der Waals surface area contributed by atoms with Crippen LogP contribution in [0.4, 0.5) is 0 Å². The van der Waals surface area contributed by atoms with Gasteiger partial charge in [-0.25, -0.2) is 4.79 Å². The number of hydrogen-bond donors (Lipinski definition) is 1. The topological polar surface area (TPSA) is 83.1 Å². The molecule has 0 aliphatic carbocycles. The van der Waals surface area contributed by atoms with Gasteiger partial charge in [0.1, 0.15) is 5.75 Å². The number of carbonyl (C=O) groups excluding carboxylic acids is 2. The second-order valence-electron chi connectivity index (χ2n) is 5.68. The molecule has 1 aliphatic heterocycles. The Balaban J connectivity index is 1.37. The maximum absolute atomic E-state index is 11.8. The Morgan fingerprint density at radius 3 is 2.73 bits per heavy atom. The van der Waals surface area contributed by atoms with Crippen LogP contribution in [0, 0.1) is 6.92 Å². The van der Waals surface area contributed by atoms with E-state index < -0.39 is 11.9 Å². The zero-order valence-electron chi connectivity index (χ0n) is 14.3. The molecule has 2 aromatic carbocycles. The van der Waals surface area contributed by atoms with Crippen LogP contribution in [0.1, 0.15) is 11.1 Å². The lowest BCUT2D eigenvalue weighted by Gasteiger charge is -2.09. The minimum absolute atomic E-state index is 0.200. The molecule has 0 unspecified atom stereocenters. The van der Waals surface area contributed by atoms with E-state index in [2.05, 4.69) is 5.32 Å². The number of esters is 1. The molecular weight excluding hydrogens is 338 g/mol. The zero-order chi connectivity index (χ0) is 18.4. The van der Waals surface area contributed by atoms with Crippen molar-refractivity contribution in [1.82, 2.24) is 5.32 Å². The molecule has 26 heavy (non-hydrogen) atoms. The van der Waals surface area contributed by atoms with E-state index in [-0.39, 0.29) is 20.0 Å². The molecule has 0 saturated heterocycles. The summed E-state index contributed by atoms with van der Waals surface area (Å²) in [5.41, 5.74) is 1.78. The number of para-hydroxylation sites is 1. The number of aryl methyl sites for hydroxylation is 1. The summed E-state index contributed by atoms with van der Waals surface area (Å²) in [7, 11) is 0. The number of fused-ring (bicyclic) bond motifs is 1. The molecular formula is C19H19NO6. The van der Waals surface area contributed by atoms with E-state index in [0.29, 0.717) is 23.8 Å². The van der Waals surface area contributed by atoms with Gasteiger partial charge in [-0.3, -0.25) is 4.79 Å². The SMILES string of the molecule is Cc1ccccc1OCC(=O)OCC(=O)NCc1ccc2c(c1)OCO2. The molecule has 1 heterocycles. The minimum Gasteiger partial charge on any atom is -0.482 e. The predicted molar refractivity (Wildman–Crippen MR) is 92.0 cm³/mol. The van der Waals surface area contributed by atoms with E-state index in [1.54, 1.807) is 18.2 Å². The van der Waals surface area contributed by atoms with Crippen molar-refractivity contribution in [2.24, 2.45) is 0 Å². The summed E-state index contributed by atoms with van der Waals surface area (Å²) >= 11 is 0. The van der Waals surface area contributed by atoms with Crippen molar-refractivity contribution in [3.63, 3.8) is 0 Å². The molecule has 1 N–H and O–H groups in total. The molecule has 0 saturated carbocycles. The zero-order valence-corrected chi connectivity index (χ0v) is 14.3. The van der Waals surface area contributed by atoms with E-state index in [1.165, 1.54) is 0 Å². The van der Waals surface area contributed by atoms with Gasteiger partial charge < -0.3 is 24.3 Å². The average Bonchev–Trinajstić information content (AvgIpc) is 3.12. The van der Waals surface area contributed by atoms with Crippen molar-refractivity contribution >= 4 is 11.9 Å². The van der Waals surface area contributed by atoms with Crippen LogP contribution in [-0.2, 0) is 20.9 Å². The van der Waals surface area contributed by atoms with Crippen LogP contribution in [0.3, 0.4) is 0 Å². The second-order valence-corrected chi connectivity index (χ2v) is 5.68. The first-order valence-electron chi connectivity index (χ1n) is 8.11. The van der Waals surface area contributed by atoms with Crippen LogP contribution < -0.4 is 19.5 Å². The van der Waals surface area contributed by atoms with E-state index in [4.69, 9.17) is 18.9 Å². The molecule has 0 bridgehead atoms. The summed E-state index contributed by atoms with van der Waals surface area (Å²) in [6, 6.07) is 12.8. The molecule has 1 amide bonds. The number of carbonyl (C=O) groups is 2. The van der Waals surface area contributed by atoms with Crippen LogP contribution >= 0.6 is 0 Å². The highest BCUT2D eigenvalue weighted by molar-refractivity contribution is 5.80. The minimum atomic E-state index is -0.605. The first-order valence-corrected chi connectivity index (χ1v) is 8.11. The third-order valence-corrected chi connectivity index (χ3v) is 3.73. The Labute approximate surface area is 150 Å². The number of nitrogens with one attached hydrogen (secondary N) is 1. The maximum Gasteiger partial charge on any atom is 0.344 e. The third-order valence-electron chi connectivity index (χ3n) is 3.73. The van der Waals surface area contributed by atoms with Gasteiger partial charge in [0.2, 0.25) is 6.79 Å². The van der Waals surface area contributed by atoms with Crippen molar-refractivity contribution in [2.45, 2.75) is 13.5 Å². The van der Waals surface area contributed by atoms with Crippen molar-refractivity contribution < 1.29 is 28.5 Å². The first kappa shape index (κ1) is 17.6. The molecule has 0 atom stereocenters. The van der Waals surface area contributed by atoms with Gasteiger partial charge in [0, 0.05) is 6.54 Å². The van der Waals surface area contributed by atoms with E-state index in [9.17, 15) is 9.59 Å². The van der Waals surface area contributed by atoms with Gasteiger partial charge in [-0.2, -0.15) is 0 Å². The quantitative estimate of drug-likeness (QED) is 0.763. The summed E-state index contributed by atoms with van der Waals surface area (Å²) in [4.78, 5) is 23.5. The molecule has 2 aromatic rings. The van der Waals surface area contributed by atoms with Crippen molar-refractivity contribution in [2.75, 3.05) is 20.0 Å². The monoisotopic (exact) mass is 357 g/mol. The Bertz CT molecular complexity index is 804. The van der Waals surface area contributed by atoms with Crippen LogP contribution in [0.2, 0.25) is 0 Å². The molecule has 7 nitrogen and oxygen atoms in total. The fourth-order valence-electron chi connectivity index (χ4n) is 2.35. The molecule has 3 rings (SSSR count). The predicted octanol–water partition coefficient (Wildman–Crippen LogP) is 1.96. The fraction of sp³-hybridized carbons (Fsp3) is 0.263. The number of rotatable bonds is 7. The smallest absolute Gasteiger partial charge is 0.344 e. The average molecular weight is 357 g/mol. The molecule has 0 aromatic heterocycles. The Morgan fingerprint density at radius 1 is 1.08 bits per heavy atom. The highest BCUT2D eigenvalue weighted by Gasteiger charge is 2.14. The summed E-state index contributed by atoms with van der Waals surface area (Å²) in [5, 5.41) is 2.68. The van der Waals surface area contributed by atoms with Crippen LogP contribution in [0.25, 0.3) is 0 Å². The lowest BCUT2D eigenvalue weighted by molar-refractivity contribution is -0.150. The molecule has 7 heteroatoms. The lowest BCUT2D eigenvalue weighted by Crippen LogP contribution is -2.29. The first-order chi connectivity index (χ1) is 12.6. The van der Waals surface area contributed by atoms with Gasteiger partial charge in [0.05, 0.1) is 0 Å². The van der Waals surface area contributed by atoms with E-state index >= 15 is 0 Å².